The summed E-state index contributed by atoms with van der Waals surface area (Å²) in [5.74, 6) is 0.671. The molecule has 16 heavy (non-hydrogen) atoms. The third-order valence-electron chi connectivity index (χ3n) is 2.15. The summed E-state index contributed by atoms with van der Waals surface area (Å²) in [5.41, 5.74) is 0. The van der Waals surface area contributed by atoms with Gasteiger partial charge in [0, 0.05) is 31.4 Å². The van der Waals surface area contributed by atoms with E-state index in [1.54, 1.807) is 0 Å². The van der Waals surface area contributed by atoms with Crippen molar-refractivity contribution in [3.8, 4) is 0 Å². The van der Waals surface area contributed by atoms with Crippen molar-refractivity contribution in [1.29, 1.82) is 0 Å². The lowest BCUT2D eigenvalue weighted by molar-refractivity contribution is 0.570. The van der Waals surface area contributed by atoms with Gasteiger partial charge in [-0.1, -0.05) is 0 Å². The van der Waals surface area contributed by atoms with Crippen LogP contribution in [-0.4, -0.2) is 31.2 Å². The lowest BCUT2D eigenvalue weighted by atomic mass is 10.4. The molecule has 0 radical (unpaired) electrons. The van der Waals surface area contributed by atoms with Gasteiger partial charge in [0.25, 0.3) is 0 Å². The molecule has 0 bridgehead atoms. The van der Waals surface area contributed by atoms with E-state index in [4.69, 9.17) is 11.6 Å². The van der Waals surface area contributed by atoms with E-state index in [-0.39, 0.29) is 5.75 Å². The minimum atomic E-state index is -3.13. The first kappa shape index (κ1) is 13.5. The molecule has 1 rings (SSSR count). The van der Waals surface area contributed by atoms with E-state index in [0.29, 0.717) is 25.4 Å². The molecule has 0 aromatic carbocycles. The summed E-state index contributed by atoms with van der Waals surface area (Å²) >= 11 is 5.48. The van der Waals surface area contributed by atoms with Crippen LogP contribution in [0.15, 0.2) is 24.5 Å². The zero-order valence-corrected chi connectivity index (χ0v) is 10.7. The Hall–Kier alpha value is -0.520. The van der Waals surface area contributed by atoms with Crippen LogP contribution >= 0.6 is 11.6 Å². The van der Waals surface area contributed by atoms with E-state index in [2.05, 4.69) is 4.72 Å². The van der Waals surface area contributed by atoms with Crippen LogP contribution in [0, 0.1) is 0 Å². The molecule has 6 heteroatoms. The molecule has 0 atom stereocenters. The molecule has 0 amide bonds. The van der Waals surface area contributed by atoms with Crippen LogP contribution in [-0.2, 0) is 16.6 Å². The van der Waals surface area contributed by atoms with Crippen LogP contribution in [0.5, 0.6) is 0 Å². The summed E-state index contributed by atoms with van der Waals surface area (Å²) in [6.07, 6.45) is 5.16. The maximum absolute atomic E-state index is 11.5. The van der Waals surface area contributed by atoms with Gasteiger partial charge in [-0.15, -0.1) is 11.6 Å². The predicted octanol–water partition coefficient (Wildman–Crippen LogP) is 1.43. The summed E-state index contributed by atoms with van der Waals surface area (Å²) in [7, 11) is -3.13. The Morgan fingerprint density at radius 1 is 1.19 bits per heavy atom. The van der Waals surface area contributed by atoms with Gasteiger partial charge in [-0.3, -0.25) is 0 Å². The van der Waals surface area contributed by atoms with Crippen molar-refractivity contribution >= 4 is 21.6 Å². The summed E-state index contributed by atoms with van der Waals surface area (Å²) in [4.78, 5) is 0. The van der Waals surface area contributed by atoms with E-state index >= 15 is 0 Å². The molecule has 0 aliphatic rings. The van der Waals surface area contributed by atoms with Crippen LogP contribution in [0.2, 0.25) is 0 Å². The summed E-state index contributed by atoms with van der Waals surface area (Å²) in [6, 6.07) is 3.82. The lowest BCUT2D eigenvalue weighted by Crippen LogP contribution is -2.29. The number of hydrogen-bond acceptors (Lipinski definition) is 2. The molecule has 1 heterocycles. The van der Waals surface area contributed by atoms with Crippen molar-refractivity contribution in [3.05, 3.63) is 24.5 Å². The van der Waals surface area contributed by atoms with Crippen molar-refractivity contribution in [2.45, 2.75) is 19.4 Å². The van der Waals surface area contributed by atoms with Crippen LogP contribution in [0.3, 0.4) is 0 Å². The van der Waals surface area contributed by atoms with E-state index in [1.807, 2.05) is 29.1 Å². The zero-order chi connectivity index (χ0) is 11.9. The maximum Gasteiger partial charge on any atom is 0.211 e. The summed E-state index contributed by atoms with van der Waals surface area (Å²) in [5, 5.41) is 0. The molecule has 0 saturated heterocycles. The number of aromatic nitrogens is 1. The first-order valence-corrected chi connectivity index (χ1v) is 7.47. The van der Waals surface area contributed by atoms with Crippen LogP contribution in [0.1, 0.15) is 12.8 Å². The highest BCUT2D eigenvalue weighted by Gasteiger charge is 2.08. The van der Waals surface area contributed by atoms with Gasteiger partial charge < -0.3 is 4.57 Å². The molecule has 0 saturated carbocycles. The Morgan fingerprint density at radius 2 is 1.88 bits per heavy atom. The number of nitrogens with zero attached hydrogens (tertiary/aromatic N) is 1. The largest absolute Gasteiger partial charge is 0.353 e. The molecule has 0 aliphatic heterocycles. The van der Waals surface area contributed by atoms with Gasteiger partial charge in [0.15, 0.2) is 0 Å². The fourth-order valence-corrected chi connectivity index (χ4v) is 2.63. The number of sulfonamides is 1. The third kappa shape index (κ3) is 5.53. The lowest BCUT2D eigenvalue weighted by Gasteiger charge is -2.06. The molecule has 4 nitrogen and oxygen atoms in total. The number of hydrogen-bond donors (Lipinski definition) is 1. The molecule has 0 unspecified atom stereocenters. The molecule has 1 aromatic rings. The predicted molar refractivity (Wildman–Crippen MR) is 66.2 cm³/mol. The fraction of sp³-hybridized carbons (Fsp3) is 0.600. The average Bonchev–Trinajstić information content (AvgIpc) is 2.70. The number of halogens is 1. The standard InChI is InChI=1S/C10H17ClN2O2S/c11-5-1-4-10-16(14,15)12-6-9-13-7-2-3-8-13/h2-3,7-8,12H,1,4-6,9-10H2. The van der Waals surface area contributed by atoms with E-state index in [9.17, 15) is 8.42 Å². The summed E-state index contributed by atoms with van der Waals surface area (Å²) in [6.45, 7) is 1.08. The zero-order valence-electron chi connectivity index (χ0n) is 9.10. The van der Waals surface area contributed by atoms with Crippen LogP contribution < -0.4 is 4.72 Å². The molecule has 92 valence electrons. The second-order valence-electron chi connectivity index (χ2n) is 3.53. The van der Waals surface area contributed by atoms with Crippen LogP contribution in [0.25, 0.3) is 0 Å². The second-order valence-corrected chi connectivity index (χ2v) is 5.83. The van der Waals surface area contributed by atoms with E-state index in [1.165, 1.54) is 0 Å². The van der Waals surface area contributed by atoms with Gasteiger partial charge >= 0.3 is 0 Å². The van der Waals surface area contributed by atoms with Crippen molar-refractivity contribution in [2.75, 3.05) is 18.2 Å². The van der Waals surface area contributed by atoms with Crippen molar-refractivity contribution < 1.29 is 8.42 Å². The number of nitrogens with one attached hydrogen (secondary N) is 1. The molecule has 1 N–H and O–H groups in total. The molecule has 0 spiro atoms. The number of alkyl halides is 1. The van der Waals surface area contributed by atoms with Gasteiger partial charge in [-0.05, 0) is 25.0 Å². The minimum absolute atomic E-state index is 0.158. The first-order chi connectivity index (χ1) is 7.64. The smallest absolute Gasteiger partial charge is 0.211 e. The van der Waals surface area contributed by atoms with Gasteiger partial charge in [-0.2, -0.15) is 0 Å². The van der Waals surface area contributed by atoms with E-state index in [0.717, 1.165) is 6.42 Å². The quantitative estimate of drug-likeness (QED) is 0.570. The molecular formula is C10H17ClN2O2S. The Labute approximate surface area is 102 Å². The highest BCUT2D eigenvalue weighted by molar-refractivity contribution is 7.89. The van der Waals surface area contributed by atoms with E-state index < -0.39 is 10.0 Å². The van der Waals surface area contributed by atoms with Gasteiger partial charge in [-0.25, -0.2) is 13.1 Å². The molecular weight excluding hydrogens is 248 g/mol. The minimum Gasteiger partial charge on any atom is -0.353 e. The Balaban J connectivity index is 2.20. The second kappa shape index (κ2) is 6.93. The molecule has 0 aliphatic carbocycles. The Kier molecular flexibility index (Phi) is 5.87. The number of unbranched alkanes of at least 4 members (excludes halogenated alkanes) is 1. The van der Waals surface area contributed by atoms with Gasteiger partial charge in [0.2, 0.25) is 10.0 Å². The highest BCUT2D eigenvalue weighted by atomic mass is 35.5. The SMILES string of the molecule is O=S(=O)(CCCCCl)NCCn1cccc1. The molecule has 0 fully saturated rings. The molecule has 1 aromatic heterocycles. The van der Waals surface area contributed by atoms with Crippen molar-refractivity contribution in [2.24, 2.45) is 0 Å². The van der Waals surface area contributed by atoms with Crippen LogP contribution in [0.4, 0.5) is 0 Å². The highest BCUT2D eigenvalue weighted by Crippen LogP contribution is 1.96. The third-order valence-corrected chi connectivity index (χ3v) is 3.89. The summed E-state index contributed by atoms with van der Waals surface area (Å²) < 4.78 is 27.4. The Morgan fingerprint density at radius 3 is 2.50 bits per heavy atom. The fourth-order valence-electron chi connectivity index (χ4n) is 1.31. The first-order valence-electron chi connectivity index (χ1n) is 5.28. The topological polar surface area (TPSA) is 51.1 Å². The maximum atomic E-state index is 11.5. The average molecular weight is 265 g/mol. The monoisotopic (exact) mass is 264 g/mol. The normalized spacial score (nSPS) is 11.8. The van der Waals surface area contributed by atoms with Crippen molar-refractivity contribution in [3.63, 3.8) is 0 Å². The number of rotatable bonds is 8. The van der Waals surface area contributed by atoms with Gasteiger partial charge in [0.05, 0.1) is 5.75 Å². The van der Waals surface area contributed by atoms with Gasteiger partial charge in [0.1, 0.15) is 0 Å². The van der Waals surface area contributed by atoms with Crippen molar-refractivity contribution in [1.82, 2.24) is 9.29 Å². The Bertz CT molecular complexity index is 376.